The topological polar surface area (TPSA) is 164 Å². The monoisotopic (exact) mass is 448 g/mol. The molecular weight excluding hydrogens is 404 g/mol. The Balaban J connectivity index is -0.000000438. The second kappa shape index (κ2) is 22.2. The molecule has 0 unspecified atom stereocenters. The largest absolute Gasteiger partial charge is 0.481 e. The summed E-state index contributed by atoms with van der Waals surface area (Å²) in [6.07, 6.45) is 3.13. The molecule has 11 heteroatoms. The summed E-state index contributed by atoms with van der Waals surface area (Å²) in [5.74, 6) is -0.188. The van der Waals surface area contributed by atoms with Gasteiger partial charge in [0.05, 0.1) is 31.8 Å². The number of carboxylic acids is 1. The molecule has 31 heavy (non-hydrogen) atoms. The molecule has 11 nitrogen and oxygen atoms in total. The van der Waals surface area contributed by atoms with Crippen molar-refractivity contribution in [1.82, 2.24) is 21.2 Å². The lowest BCUT2D eigenvalue weighted by Gasteiger charge is -2.18. The summed E-state index contributed by atoms with van der Waals surface area (Å²) in [5, 5.41) is 15.5. The first-order chi connectivity index (χ1) is 14.4. The van der Waals surface area contributed by atoms with Crippen LogP contribution in [0.4, 0.5) is 0 Å². The number of hydrogen-bond donors (Lipinski definition) is 6. The van der Waals surface area contributed by atoms with Crippen LogP contribution in [0.3, 0.4) is 0 Å². The van der Waals surface area contributed by atoms with Gasteiger partial charge in [-0.1, -0.05) is 27.0 Å². The van der Waals surface area contributed by atoms with Gasteiger partial charge in [0, 0.05) is 33.1 Å². The van der Waals surface area contributed by atoms with Gasteiger partial charge in [0.15, 0.2) is 0 Å². The Bertz CT molecular complexity index is 502. The van der Waals surface area contributed by atoms with Crippen LogP contribution in [0, 0.1) is 11.8 Å². The number of aliphatic carboxylic acids is 1. The summed E-state index contributed by atoms with van der Waals surface area (Å²) in [7, 11) is 6.36. The lowest BCUT2D eigenvalue weighted by molar-refractivity contribution is -0.173. The van der Waals surface area contributed by atoms with Crippen LogP contribution in [0.15, 0.2) is 24.8 Å². The molecule has 0 bridgehead atoms. The van der Waals surface area contributed by atoms with E-state index in [1.165, 1.54) is 12.2 Å². The minimum Gasteiger partial charge on any atom is -0.481 e. The summed E-state index contributed by atoms with van der Waals surface area (Å²) in [5.41, 5.74) is 13.0. The van der Waals surface area contributed by atoms with E-state index in [1.807, 2.05) is 6.92 Å². The number of nitrogens with one attached hydrogen (secondary N) is 3. The van der Waals surface area contributed by atoms with Crippen LogP contribution in [-0.4, -0.2) is 63.5 Å². The van der Waals surface area contributed by atoms with Crippen LogP contribution in [0.5, 0.6) is 0 Å². The number of carbonyl (C=O) groups excluding carboxylic acids is 1. The molecule has 0 saturated carbocycles. The fourth-order valence-corrected chi connectivity index (χ4v) is 1.96. The zero-order valence-corrected chi connectivity index (χ0v) is 20.0. The van der Waals surface area contributed by atoms with Crippen molar-refractivity contribution in [3.8, 4) is 0 Å². The highest BCUT2D eigenvalue weighted by Crippen LogP contribution is 2.08. The first-order valence-corrected chi connectivity index (χ1v) is 10.0. The number of amides is 1. The third-order valence-electron chi connectivity index (χ3n) is 3.96. The minimum atomic E-state index is -0.749. The maximum absolute atomic E-state index is 11.5. The van der Waals surface area contributed by atoms with Crippen LogP contribution < -0.4 is 27.6 Å². The normalized spacial score (nSPS) is 11.4. The van der Waals surface area contributed by atoms with Gasteiger partial charge in [-0.3, -0.25) is 14.4 Å². The number of nitrogens with zero attached hydrogens (tertiary/aromatic N) is 1. The van der Waals surface area contributed by atoms with E-state index >= 15 is 0 Å². The third kappa shape index (κ3) is 25.5. The van der Waals surface area contributed by atoms with Crippen LogP contribution >= 0.6 is 0 Å². The molecule has 0 spiro atoms. The van der Waals surface area contributed by atoms with Gasteiger partial charge < -0.3 is 32.0 Å². The van der Waals surface area contributed by atoms with Crippen LogP contribution in [-0.2, 0) is 19.3 Å². The predicted molar refractivity (Wildman–Crippen MR) is 123 cm³/mol. The molecule has 2 atom stereocenters. The zero-order chi connectivity index (χ0) is 24.8. The molecule has 0 aliphatic rings. The molecule has 0 aromatic carbocycles. The van der Waals surface area contributed by atoms with Crippen LogP contribution in [0.1, 0.15) is 39.5 Å². The fourth-order valence-electron chi connectivity index (χ4n) is 1.96. The number of carbonyl (C=O) groups is 2. The van der Waals surface area contributed by atoms with Gasteiger partial charge in [-0.05, 0) is 25.7 Å². The van der Waals surface area contributed by atoms with E-state index in [1.54, 1.807) is 28.1 Å². The second-order valence-corrected chi connectivity index (χ2v) is 6.76. The van der Waals surface area contributed by atoms with Crippen molar-refractivity contribution in [3.05, 3.63) is 24.8 Å². The fraction of sp³-hybridized carbons (Fsp3) is 0.700. The smallest absolute Gasteiger partial charge is 0.306 e. The molecule has 0 aliphatic heterocycles. The lowest BCUT2D eigenvalue weighted by Crippen LogP contribution is -2.31. The molecule has 0 aromatic heterocycles. The number of hydrogen-bond acceptors (Lipinski definition) is 9. The van der Waals surface area contributed by atoms with Crippen molar-refractivity contribution < 1.29 is 24.4 Å². The molecule has 0 aromatic rings. The Morgan fingerprint density at radius 2 is 1.39 bits per heavy atom. The Kier molecular flexibility index (Phi) is 23.7. The van der Waals surface area contributed by atoms with Crippen molar-refractivity contribution in [2.45, 2.75) is 39.5 Å². The van der Waals surface area contributed by atoms with E-state index in [0.717, 1.165) is 25.8 Å². The van der Waals surface area contributed by atoms with E-state index in [9.17, 15) is 9.59 Å². The average Bonchev–Trinajstić information content (AvgIpc) is 2.72. The van der Waals surface area contributed by atoms with Gasteiger partial charge in [-0.2, -0.15) is 0 Å². The van der Waals surface area contributed by atoms with Gasteiger partial charge in [0.25, 0.3) is 0 Å². The molecule has 0 heterocycles. The molecule has 0 aliphatic carbocycles. The molecule has 0 radical (unpaired) electrons. The summed E-state index contributed by atoms with van der Waals surface area (Å²) >= 11 is 0. The van der Waals surface area contributed by atoms with E-state index in [-0.39, 0.29) is 17.7 Å². The zero-order valence-electron chi connectivity index (χ0n) is 20.0. The average molecular weight is 449 g/mol. The molecule has 0 fully saturated rings. The van der Waals surface area contributed by atoms with E-state index in [2.05, 4.69) is 34.1 Å². The lowest BCUT2D eigenvalue weighted by atomic mass is 10.1. The summed E-state index contributed by atoms with van der Waals surface area (Å²) in [6.45, 7) is 12.0. The van der Waals surface area contributed by atoms with E-state index < -0.39 is 5.97 Å². The van der Waals surface area contributed by atoms with E-state index in [4.69, 9.17) is 21.4 Å². The number of nitrogens with two attached hydrogens (primary N) is 2. The minimum absolute atomic E-state index is 0.0101. The highest BCUT2D eigenvalue weighted by molar-refractivity contribution is 5.77. The second-order valence-electron chi connectivity index (χ2n) is 6.76. The van der Waals surface area contributed by atoms with Crippen molar-refractivity contribution >= 4 is 11.9 Å². The quantitative estimate of drug-likeness (QED) is 0.165. The molecule has 8 N–H and O–H groups in total. The van der Waals surface area contributed by atoms with Gasteiger partial charge >= 0.3 is 5.97 Å². The van der Waals surface area contributed by atoms with Crippen LogP contribution in [0.25, 0.3) is 0 Å². The van der Waals surface area contributed by atoms with Gasteiger partial charge in [-0.15, -0.1) is 0 Å². The molecule has 0 rings (SSSR count). The van der Waals surface area contributed by atoms with Gasteiger partial charge in [-0.25, -0.2) is 10.5 Å². The summed E-state index contributed by atoms with van der Waals surface area (Å²) in [4.78, 5) is 31.0. The highest BCUT2D eigenvalue weighted by atomic mass is 16.7. The predicted octanol–water partition coefficient (Wildman–Crippen LogP) is 0.716. The summed E-state index contributed by atoms with van der Waals surface area (Å²) < 4.78 is 0. The van der Waals surface area contributed by atoms with Crippen molar-refractivity contribution in [2.75, 3.05) is 41.4 Å². The maximum atomic E-state index is 11.5. The van der Waals surface area contributed by atoms with Crippen LogP contribution in [0.2, 0.25) is 0 Å². The molecular formula is C20H44N6O5. The Morgan fingerprint density at radius 3 is 1.68 bits per heavy atom. The highest BCUT2D eigenvalue weighted by Gasteiger charge is 2.16. The molecule has 0 saturated heterocycles. The van der Waals surface area contributed by atoms with Crippen molar-refractivity contribution in [1.29, 1.82) is 0 Å². The Hall–Kier alpha value is -2.50. The van der Waals surface area contributed by atoms with Gasteiger partial charge in [0.2, 0.25) is 5.91 Å². The molecule has 1 amide bonds. The maximum Gasteiger partial charge on any atom is 0.306 e. The van der Waals surface area contributed by atoms with Gasteiger partial charge in [0.1, 0.15) is 0 Å². The summed E-state index contributed by atoms with van der Waals surface area (Å²) in [6, 6.07) is 0. The number of carboxylic acid groups (broad SMARTS) is 1. The third-order valence-corrected chi connectivity index (χ3v) is 3.96. The standard InChI is InChI=1S/C10H21N3O2.C8H16N2O2.C2H7NO/c1-8(10(14)13(3)15-4)6-5-7-12-9(2)11;1-6(8(11)12)4-3-5-10-7(2)9;1-3-4-2/h8,12H,2,5-7,11H2,1,3-4H3;6,10H,2-5,9H2,1H3,(H,11,12);3H,1-2H3/t8-;6-;/m00./s1. The number of rotatable bonds is 14. The first-order valence-electron chi connectivity index (χ1n) is 10.0. The Morgan fingerprint density at radius 1 is 1.00 bits per heavy atom. The SMILES string of the molecule is C=C(N)NCCC[C@H](C)C(=O)N(C)OC.C=C(N)NCCC[C@H](C)C(=O)O.CNOC. The van der Waals surface area contributed by atoms with E-state index in [0.29, 0.717) is 24.6 Å². The number of hydroxylamine groups is 3. The molecule has 184 valence electrons. The van der Waals surface area contributed by atoms with Crippen molar-refractivity contribution in [2.24, 2.45) is 23.3 Å². The van der Waals surface area contributed by atoms with Crippen molar-refractivity contribution in [3.63, 3.8) is 0 Å². The Labute approximate surface area is 187 Å². The first kappa shape index (κ1) is 33.1.